The van der Waals surface area contributed by atoms with Gasteiger partial charge < -0.3 is 10.2 Å². The van der Waals surface area contributed by atoms with Crippen molar-refractivity contribution < 1.29 is 13.3 Å². The van der Waals surface area contributed by atoms with Gasteiger partial charge >= 0.3 is 0 Å². The number of nitrogens with two attached hydrogens (primary N) is 1. The first kappa shape index (κ1) is 18.3. The van der Waals surface area contributed by atoms with Gasteiger partial charge in [0, 0.05) is 18.7 Å². The molecule has 0 aliphatic heterocycles. The monoisotopic (exact) mass is 330 g/mol. The lowest BCUT2D eigenvalue weighted by molar-refractivity contribution is -0.384. The van der Waals surface area contributed by atoms with E-state index in [0.29, 0.717) is 0 Å². The first-order valence-electron chi connectivity index (χ1n) is 6.99. The zero-order valence-electron chi connectivity index (χ0n) is 12.9. The van der Waals surface area contributed by atoms with Gasteiger partial charge in [-0.15, -0.1) is 0 Å². The van der Waals surface area contributed by atoms with Crippen molar-refractivity contribution in [2.75, 3.05) is 25.0 Å². The summed E-state index contributed by atoms with van der Waals surface area (Å²) in [6.45, 7) is 8.49. The number of likely N-dealkylation sites (N-methyl/N-ethyl adjacent to an activating group) is 1. The van der Waals surface area contributed by atoms with Crippen LogP contribution in [0.4, 0.5) is 11.4 Å². The van der Waals surface area contributed by atoms with Crippen LogP contribution in [0.1, 0.15) is 20.8 Å². The van der Waals surface area contributed by atoms with Gasteiger partial charge in [-0.3, -0.25) is 10.1 Å². The van der Waals surface area contributed by atoms with Gasteiger partial charge in [0.25, 0.3) is 5.69 Å². The Kier molecular flexibility index (Phi) is 6.27. The SMILES string of the molecule is CCN(CC)C[C@@H](C)Nc1ccc(S(N)(=O)=O)cc1[N+](=O)[O-]. The van der Waals surface area contributed by atoms with Gasteiger partial charge in [-0.05, 0) is 32.1 Å². The van der Waals surface area contributed by atoms with E-state index >= 15 is 0 Å². The molecule has 0 saturated heterocycles. The van der Waals surface area contributed by atoms with Crippen LogP contribution >= 0.6 is 0 Å². The van der Waals surface area contributed by atoms with Crippen LogP contribution in [0.3, 0.4) is 0 Å². The fourth-order valence-corrected chi connectivity index (χ4v) is 2.68. The number of nitrogens with one attached hydrogen (secondary N) is 1. The number of rotatable bonds is 8. The minimum atomic E-state index is -3.97. The summed E-state index contributed by atoms with van der Waals surface area (Å²) in [5, 5.41) is 19.2. The van der Waals surface area contributed by atoms with Gasteiger partial charge in [0.05, 0.1) is 9.82 Å². The number of benzene rings is 1. The van der Waals surface area contributed by atoms with E-state index in [2.05, 4.69) is 10.2 Å². The summed E-state index contributed by atoms with van der Waals surface area (Å²) < 4.78 is 22.6. The zero-order valence-corrected chi connectivity index (χ0v) is 13.8. The third-order valence-corrected chi connectivity index (χ3v) is 4.23. The molecule has 0 unspecified atom stereocenters. The summed E-state index contributed by atoms with van der Waals surface area (Å²) in [6.07, 6.45) is 0. The number of sulfonamides is 1. The third-order valence-electron chi connectivity index (χ3n) is 3.32. The van der Waals surface area contributed by atoms with Gasteiger partial charge in [0.15, 0.2) is 0 Å². The topological polar surface area (TPSA) is 119 Å². The van der Waals surface area contributed by atoms with Crippen molar-refractivity contribution in [1.82, 2.24) is 4.90 Å². The molecule has 9 heteroatoms. The average molecular weight is 330 g/mol. The number of hydrogen-bond acceptors (Lipinski definition) is 6. The molecule has 0 aliphatic carbocycles. The van der Waals surface area contributed by atoms with Crippen LogP contribution in [0.5, 0.6) is 0 Å². The van der Waals surface area contributed by atoms with Gasteiger partial charge in [-0.2, -0.15) is 0 Å². The molecule has 0 aliphatic rings. The predicted molar refractivity (Wildman–Crippen MR) is 85.3 cm³/mol. The van der Waals surface area contributed by atoms with E-state index < -0.39 is 14.9 Å². The second-order valence-corrected chi connectivity index (χ2v) is 6.57. The smallest absolute Gasteiger partial charge is 0.293 e. The number of nitro benzene ring substituents is 1. The Morgan fingerprint density at radius 1 is 1.36 bits per heavy atom. The highest BCUT2D eigenvalue weighted by Crippen LogP contribution is 2.27. The first-order valence-corrected chi connectivity index (χ1v) is 8.53. The largest absolute Gasteiger partial charge is 0.376 e. The van der Waals surface area contributed by atoms with Crippen molar-refractivity contribution in [3.05, 3.63) is 28.3 Å². The number of nitrogens with zero attached hydrogens (tertiary/aromatic N) is 2. The molecule has 0 bridgehead atoms. The Hall–Kier alpha value is -1.71. The van der Waals surface area contributed by atoms with Gasteiger partial charge in [-0.25, -0.2) is 13.6 Å². The van der Waals surface area contributed by atoms with E-state index in [1.807, 2.05) is 20.8 Å². The minimum Gasteiger partial charge on any atom is -0.376 e. The molecule has 8 nitrogen and oxygen atoms in total. The zero-order chi connectivity index (χ0) is 16.9. The van der Waals surface area contributed by atoms with Gasteiger partial charge in [0.2, 0.25) is 10.0 Å². The second-order valence-electron chi connectivity index (χ2n) is 5.01. The summed E-state index contributed by atoms with van der Waals surface area (Å²) in [7, 11) is -3.97. The predicted octanol–water partition coefficient (Wildman–Crippen LogP) is 1.38. The van der Waals surface area contributed by atoms with Crippen LogP contribution in [0.25, 0.3) is 0 Å². The molecular formula is C13H22N4O4S. The van der Waals surface area contributed by atoms with Gasteiger partial charge in [0.1, 0.15) is 5.69 Å². The van der Waals surface area contributed by atoms with E-state index in [9.17, 15) is 18.5 Å². The van der Waals surface area contributed by atoms with Crippen LogP contribution in [-0.2, 0) is 10.0 Å². The minimum absolute atomic E-state index is 0.0288. The molecule has 3 N–H and O–H groups in total. The molecule has 1 rings (SSSR count). The molecule has 1 aromatic rings. The van der Waals surface area contributed by atoms with Crippen LogP contribution < -0.4 is 10.5 Å². The molecular weight excluding hydrogens is 308 g/mol. The van der Waals surface area contributed by atoms with Gasteiger partial charge in [-0.1, -0.05) is 13.8 Å². The molecule has 1 aromatic carbocycles. The lowest BCUT2D eigenvalue weighted by Gasteiger charge is -2.24. The van der Waals surface area contributed by atoms with E-state index in [4.69, 9.17) is 5.14 Å². The number of nitro groups is 1. The molecule has 0 heterocycles. The second kappa shape index (κ2) is 7.52. The Morgan fingerprint density at radius 3 is 2.41 bits per heavy atom. The van der Waals surface area contributed by atoms with Crippen LogP contribution in [0.15, 0.2) is 23.1 Å². The Morgan fingerprint density at radius 2 is 1.95 bits per heavy atom. The van der Waals surface area contributed by atoms with Crippen molar-refractivity contribution in [1.29, 1.82) is 0 Å². The van der Waals surface area contributed by atoms with Crippen LogP contribution in [-0.4, -0.2) is 43.9 Å². The molecule has 0 aromatic heterocycles. The standard InChI is InChI=1S/C13H22N4O4S/c1-4-16(5-2)9-10(3)15-12-7-6-11(22(14,20)21)8-13(12)17(18)19/h6-8,10,15H,4-5,9H2,1-3H3,(H2,14,20,21)/t10-/m1/s1. The molecule has 0 spiro atoms. The number of primary sulfonamides is 1. The normalized spacial score (nSPS) is 13.1. The van der Waals surface area contributed by atoms with E-state index in [0.717, 1.165) is 25.7 Å². The molecule has 1 atom stereocenters. The summed E-state index contributed by atoms with van der Waals surface area (Å²) in [5.74, 6) is 0. The fraction of sp³-hybridized carbons (Fsp3) is 0.538. The Bertz CT molecular complexity index is 629. The third kappa shape index (κ3) is 4.93. The summed E-state index contributed by atoms with van der Waals surface area (Å²) >= 11 is 0. The highest BCUT2D eigenvalue weighted by molar-refractivity contribution is 7.89. The maximum atomic E-state index is 11.3. The maximum Gasteiger partial charge on any atom is 0.293 e. The number of anilines is 1. The molecule has 0 fully saturated rings. The maximum absolute atomic E-state index is 11.3. The van der Waals surface area contributed by atoms with Crippen molar-refractivity contribution in [2.45, 2.75) is 31.7 Å². The van der Waals surface area contributed by atoms with Crippen molar-refractivity contribution in [3.8, 4) is 0 Å². The van der Waals surface area contributed by atoms with Crippen molar-refractivity contribution >= 4 is 21.4 Å². The van der Waals surface area contributed by atoms with E-state index in [-0.39, 0.29) is 22.3 Å². The number of hydrogen-bond donors (Lipinski definition) is 2. The Balaban J connectivity index is 3.02. The van der Waals surface area contributed by atoms with E-state index in [1.54, 1.807) is 0 Å². The molecule has 22 heavy (non-hydrogen) atoms. The fourth-order valence-electron chi connectivity index (χ4n) is 2.14. The quantitative estimate of drug-likeness (QED) is 0.549. The summed E-state index contributed by atoms with van der Waals surface area (Å²) in [6, 6.07) is 3.58. The Labute approximate surface area is 130 Å². The first-order chi connectivity index (χ1) is 10.2. The average Bonchev–Trinajstić information content (AvgIpc) is 2.43. The molecule has 0 radical (unpaired) electrons. The highest BCUT2D eigenvalue weighted by atomic mass is 32.2. The van der Waals surface area contributed by atoms with Crippen molar-refractivity contribution in [3.63, 3.8) is 0 Å². The summed E-state index contributed by atoms with van der Waals surface area (Å²) in [4.78, 5) is 12.4. The highest BCUT2D eigenvalue weighted by Gasteiger charge is 2.20. The lowest BCUT2D eigenvalue weighted by atomic mass is 10.2. The van der Waals surface area contributed by atoms with Crippen LogP contribution in [0, 0.1) is 10.1 Å². The van der Waals surface area contributed by atoms with E-state index in [1.165, 1.54) is 12.1 Å². The summed E-state index contributed by atoms with van der Waals surface area (Å²) in [5.41, 5.74) is -0.0324. The van der Waals surface area contributed by atoms with Crippen molar-refractivity contribution in [2.24, 2.45) is 5.14 Å². The molecule has 124 valence electrons. The molecule has 0 amide bonds. The lowest BCUT2D eigenvalue weighted by Crippen LogP contribution is -2.34. The molecule has 0 saturated carbocycles. The van der Waals surface area contributed by atoms with Crippen LogP contribution in [0.2, 0.25) is 0 Å².